The summed E-state index contributed by atoms with van der Waals surface area (Å²) in [7, 11) is 3.97. The number of hydrogen-bond donors (Lipinski definition) is 0. The molecule has 8 heteroatoms. The number of aryl methyl sites for hydroxylation is 2. The van der Waals surface area contributed by atoms with Gasteiger partial charge in [-0.15, -0.1) is 0 Å². The summed E-state index contributed by atoms with van der Waals surface area (Å²) in [6.07, 6.45) is 0.765. The first kappa shape index (κ1) is 21.9. The number of aromatic nitrogens is 1. The Morgan fingerprint density at radius 1 is 1.10 bits per heavy atom. The van der Waals surface area contributed by atoms with E-state index in [9.17, 15) is 14.9 Å². The average molecular weight is 427 g/mol. The fraction of sp³-hybridized carbons (Fsp3) is 0.364. The zero-order valence-corrected chi connectivity index (χ0v) is 18.7. The van der Waals surface area contributed by atoms with Gasteiger partial charge in [0.2, 0.25) is 0 Å². The molecule has 3 aromatic rings. The molecule has 0 saturated carbocycles. The van der Waals surface area contributed by atoms with Gasteiger partial charge in [0.15, 0.2) is 5.13 Å². The fourth-order valence-corrected chi connectivity index (χ4v) is 4.41. The number of thiazole rings is 1. The van der Waals surface area contributed by atoms with Gasteiger partial charge in [-0.1, -0.05) is 23.5 Å². The number of hydrogen-bond acceptors (Lipinski definition) is 6. The van der Waals surface area contributed by atoms with E-state index in [0.717, 1.165) is 34.3 Å². The third kappa shape index (κ3) is 4.34. The molecule has 0 aliphatic rings. The Hall–Kier alpha value is -2.84. The summed E-state index contributed by atoms with van der Waals surface area (Å²) in [5, 5.41) is 12.0. The number of benzene rings is 2. The highest BCUT2D eigenvalue weighted by molar-refractivity contribution is 7.22. The van der Waals surface area contributed by atoms with Crippen LogP contribution in [0.15, 0.2) is 30.3 Å². The van der Waals surface area contributed by atoms with E-state index in [1.54, 1.807) is 24.0 Å². The number of nitrogens with zero attached hydrogens (tertiary/aromatic N) is 4. The standard InChI is InChI=1S/C22H26N4O3S/c1-14-10-11-19-20(15(14)2)23-22(30-19)25(13-7-12-24(4)5)21(27)17-8-6-9-18(16(17)3)26(28)29/h6,8-11H,7,12-13H2,1-5H3. The summed E-state index contributed by atoms with van der Waals surface area (Å²) in [5.41, 5.74) is 3.81. The molecule has 0 fully saturated rings. The summed E-state index contributed by atoms with van der Waals surface area (Å²) in [5.74, 6) is -0.261. The zero-order valence-electron chi connectivity index (χ0n) is 17.9. The Balaban J connectivity index is 2.05. The van der Waals surface area contributed by atoms with E-state index >= 15 is 0 Å². The van der Waals surface area contributed by atoms with Crippen molar-refractivity contribution in [3.8, 4) is 0 Å². The molecular weight excluding hydrogens is 400 g/mol. The number of amides is 1. The predicted octanol–water partition coefficient (Wildman–Crippen LogP) is 4.73. The number of fused-ring (bicyclic) bond motifs is 1. The second kappa shape index (κ2) is 8.89. The number of anilines is 1. The summed E-state index contributed by atoms with van der Waals surface area (Å²) in [4.78, 5) is 32.9. The lowest BCUT2D eigenvalue weighted by atomic mass is 10.1. The molecule has 0 unspecified atom stereocenters. The van der Waals surface area contributed by atoms with Crippen LogP contribution in [0.1, 0.15) is 33.5 Å². The first-order valence-corrected chi connectivity index (χ1v) is 10.6. The number of carbonyl (C=O) groups is 1. The molecule has 0 radical (unpaired) electrons. The Bertz CT molecular complexity index is 1110. The largest absolute Gasteiger partial charge is 0.309 e. The highest BCUT2D eigenvalue weighted by Crippen LogP contribution is 2.33. The average Bonchev–Trinajstić information content (AvgIpc) is 3.12. The van der Waals surface area contributed by atoms with Crippen LogP contribution in [0.5, 0.6) is 0 Å². The number of rotatable bonds is 7. The van der Waals surface area contributed by atoms with Crippen LogP contribution in [0.3, 0.4) is 0 Å². The smallest absolute Gasteiger partial charge is 0.273 e. The van der Waals surface area contributed by atoms with E-state index in [2.05, 4.69) is 11.0 Å². The number of nitro benzene ring substituents is 1. The molecule has 0 atom stereocenters. The van der Waals surface area contributed by atoms with Crippen molar-refractivity contribution in [2.45, 2.75) is 27.2 Å². The van der Waals surface area contributed by atoms with Crippen molar-refractivity contribution >= 4 is 38.3 Å². The first-order chi connectivity index (χ1) is 14.2. The second-order valence-corrected chi connectivity index (χ2v) is 8.68. The van der Waals surface area contributed by atoms with Crippen LogP contribution < -0.4 is 4.90 Å². The first-order valence-electron chi connectivity index (χ1n) is 9.78. The van der Waals surface area contributed by atoms with Gasteiger partial charge in [0, 0.05) is 23.7 Å². The fourth-order valence-electron chi connectivity index (χ4n) is 3.36. The minimum absolute atomic E-state index is 0.0511. The van der Waals surface area contributed by atoms with E-state index in [0.29, 0.717) is 22.8 Å². The van der Waals surface area contributed by atoms with Crippen LogP contribution in [0.4, 0.5) is 10.8 Å². The van der Waals surface area contributed by atoms with Crippen LogP contribution >= 0.6 is 11.3 Å². The molecule has 0 saturated heterocycles. The van der Waals surface area contributed by atoms with Crippen molar-refractivity contribution in [2.75, 3.05) is 32.1 Å². The highest BCUT2D eigenvalue weighted by atomic mass is 32.1. The van der Waals surface area contributed by atoms with Crippen LogP contribution in [0.2, 0.25) is 0 Å². The van der Waals surface area contributed by atoms with Crippen molar-refractivity contribution in [2.24, 2.45) is 0 Å². The predicted molar refractivity (Wildman–Crippen MR) is 122 cm³/mol. The van der Waals surface area contributed by atoms with Crippen LogP contribution in [0, 0.1) is 30.9 Å². The Labute approximate surface area is 180 Å². The van der Waals surface area contributed by atoms with Gasteiger partial charge in [-0.2, -0.15) is 0 Å². The molecule has 0 aliphatic carbocycles. The lowest BCUT2D eigenvalue weighted by Crippen LogP contribution is -2.34. The molecule has 7 nitrogen and oxygen atoms in total. The normalized spacial score (nSPS) is 11.3. The van der Waals surface area contributed by atoms with Gasteiger partial charge in [0.1, 0.15) is 0 Å². The summed E-state index contributed by atoms with van der Waals surface area (Å²) in [6.45, 7) is 7.00. The monoisotopic (exact) mass is 426 g/mol. The maximum atomic E-state index is 13.5. The van der Waals surface area contributed by atoms with Crippen molar-refractivity contribution < 1.29 is 9.72 Å². The SMILES string of the molecule is Cc1ccc2sc(N(CCCN(C)C)C(=O)c3cccc([N+](=O)[O-])c3C)nc2c1C. The van der Waals surface area contributed by atoms with Crippen molar-refractivity contribution in [1.82, 2.24) is 9.88 Å². The maximum Gasteiger partial charge on any atom is 0.273 e. The minimum Gasteiger partial charge on any atom is -0.309 e. The van der Waals surface area contributed by atoms with Gasteiger partial charge in [-0.05, 0) is 71.1 Å². The third-order valence-corrected chi connectivity index (χ3v) is 6.31. The summed E-state index contributed by atoms with van der Waals surface area (Å²) in [6, 6.07) is 8.71. The molecular formula is C22H26N4O3S. The van der Waals surface area contributed by atoms with Crippen molar-refractivity contribution in [1.29, 1.82) is 0 Å². The van der Waals surface area contributed by atoms with Gasteiger partial charge in [-0.25, -0.2) is 4.98 Å². The van der Waals surface area contributed by atoms with Crippen LogP contribution in [-0.4, -0.2) is 47.9 Å². The highest BCUT2D eigenvalue weighted by Gasteiger charge is 2.25. The van der Waals surface area contributed by atoms with Gasteiger partial charge >= 0.3 is 0 Å². The lowest BCUT2D eigenvalue weighted by Gasteiger charge is -2.21. The molecule has 1 aromatic heterocycles. The van der Waals surface area contributed by atoms with Crippen LogP contribution in [-0.2, 0) is 0 Å². The molecule has 3 rings (SSSR count). The van der Waals surface area contributed by atoms with Crippen molar-refractivity contribution in [3.05, 3.63) is 62.7 Å². The van der Waals surface area contributed by atoms with Gasteiger partial charge < -0.3 is 4.90 Å². The Kier molecular flexibility index (Phi) is 6.48. The summed E-state index contributed by atoms with van der Waals surface area (Å²) < 4.78 is 1.02. The van der Waals surface area contributed by atoms with E-state index < -0.39 is 4.92 Å². The molecule has 158 valence electrons. The zero-order chi connectivity index (χ0) is 22.0. The number of nitro groups is 1. The van der Waals surface area contributed by atoms with Gasteiger partial charge in [0.05, 0.1) is 15.1 Å². The Morgan fingerprint density at radius 2 is 1.83 bits per heavy atom. The van der Waals surface area contributed by atoms with Gasteiger partial charge in [-0.3, -0.25) is 19.8 Å². The molecule has 0 spiro atoms. The maximum absolute atomic E-state index is 13.5. The molecule has 2 aromatic carbocycles. The summed E-state index contributed by atoms with van der Waals surface area (Å²) >= 11 is 1.47. The lowest BCUT2D eigenvalue weighted by molar-refractivity contribution is -0.385. The molecule has 0 aliphatic heterocycles. The molecule has 1 heterocycles. The topological polar surface area (TPSA) is 79.6 Å². The van der Waals surface area contributed by atoms with Crippen molar-refractivity contribution in [3.63, 3.8) is 0 Å². The minimum atomic E-state index is -0.452. The quantitative estimate of drug-likeness (QED) is 0.403. The molecule has 30 heavy (non-hydrogen) atoms. The van der Waals surface area contributed by atoms with E-state index in [1.165, 1.54) is 17.4 Å². The van der Waals surface area contributed by atoms with Gasteiger partial charge in [0.25, 0.3) is 11.6 Å². The number of carbonyl (C=O) groups excluding carboxylic acids is 1. The molecule has 0 N–H and O–H groups in total. The Morgan fingerprint density at radius 3 is 2.50 bits per heavy atom. The van der Waals surface area contributed by atoms with E-state index in [1.807, 2.05) is 34.0 Å². The molecule has 1 amide bonds. The molecule has 0 bridgehead atoms. The van der Waals surface area contributed by atoms with E-state index in [4.69, 9.17) is 4.98 Å². The second-order valence-electron chi connectivity index (χ2n) is 7.67. The van der Waals surface area contributed by atoms with Crippen LogP contribution in [0.25, 0.3) is 10.2 Å². The van der Waals surface area contributed by atoms with E-state index in [-0.39, 0.29) is 11.6 Å². The third-order valence-electron chi connectivity index (χ3n) is 5.27.